The van der Waals surface area contributed by atoms with Gasteiger partial charge in [0.25, 0.3) is 5.91 Å². The van der Waals surface area contributed by atoms with Crippen molar-refractivity contribution in [2.75, 3.05) is 26.2 Å². The molecule has 2 amide bonds. The molecule has 4 rings (SSSR count). The summed E-state index contributed by atoms with van der Waals surface area (Å²) in [5.41, 5.74) is 2.28. The molecule has 1 aliphatic heterocycles. The third kappa shape index (κ3) is 6.27. The van der Waals surface area contributed by atoms with Crippen molar-refractivity contribution in [3.05, 3.63) is 87.9 Å². The zero-order valence-electron chi connectivity index (χ0n) is 18.9. The fourth-order valence-corrected chi connectivity index (χ4v) is 5.10. The molecule has 6 nitrogen and oxygen atoms in total. The van der Waals surface area contributed by atoms with Crippen molar-refractivity contribution < 1.29 is 9.59 Å². The van der Waals surface area contributed by atoms with Crippen molar-refractivity contribution in [2.24, 2.45) is 0 Å². The zero-order valence-corrected chi connectivity index (χ0v) is 19.8. The first-order valence-electron chi connectivity index (χ1n) is 11.4. The maximum atomic E-state index is 13.1. The SMILES string of the molecule is Cc1ccc(C(=O)N2CCCN(Cc3ccncc3)C(c3ccccc3)CC(=O)NCC2)s1. The van der Waals surface area contributed by atoms with Crippen LogP contribution < -0.4 is 5.32 Å². The lowest BCUT2D eigenvalue weighted by Crippen LogP contribution is -2.38. The van der Waals surface area contributed by atoms with E-state index in [4.69, 9.17) is 0 Å². The van der Waals surface area contributed by atoms with Crippen LogP contribution in [0.5, 0.6) is 0 Å². The van der Waals surface area contributed by atoms with Gasteiger partial charge in [-0.3, -0.25) is 19.5 Å². The Bertz CT molecular complexity index is 1050. The van der Waals surface area contributed by atoms with Crippen LogP contribution in [0.25, 0.3) is 0 Å². The lowest BCUT2D eigenvalue weighted by atomic mass is 10.00. The Morgan fingerprint density at radius 3 is 2.58 bits per heavy atom. The number of nitrogens with zero attached hydrogens (tertiary/aromatic N) is 3. The Kier molecular flexibility index (Phi) is 7.86. The van der Waals surface area contributed by atoms with Crippen molar-refractivity contribution in [3.8, 4) is 0 Å². The van der Waals surface area contributed by atoms with Gasteiger partial charge in [0, 0.05) is 62.5 Å². The molecular formula is C26H30N4O2S. The highest BCUT2D eigenvalue weighted by molar-refractivity contribution is 7.13. The Hall–Kier alpha value is -3.03. The number of carbonyl (C=O) groups is 2. The number of carbonyl (C=O) groups excluding carboxylic acids is 2. The van der Waals surface area contributed by atoms with Crippen LogP contribution >= 0.6 is 11.3 Å². The van der Waals surface area contributed by atoms with Crippen LogP contribution in [0.15, 0.2) is 67.0 Å². The Balaban J connectivity index is 1.57. The largest absolute Gasteiger partial charge is 0.354 e. The summed E-state index contributed by atoms with van der Waals surface area (Å²) in [6, 6.07) is 18.1. The molecule has 0 spiro atoms. The molecule has 2 aromatic heterocycles. The van der Waals surface area contributed by atoms with Crippen LogP contribution in [0, 0.1) is 6.92 Å². The summed E-state index contributed by atoms with van der Waals surface area (Å²) in [6.07, 6.45) is 4.82. The van der Waals surface area contributed by atoms with Gasteiger partial charge in [-0.25, -0.2) is 0 Å². The van der Waals surface area contributed by atoms with E-state index in [0.717, 1.165) is 33.8 Å². The number of benzene rings is 1. The van der Waals surface area contributed by atoms with Crippen LogP contribution in [-0.4, -0.2) is 52.8 Å². The summed E-state index contributed by atoms with van der Waals surface area (Å²) in [4.78, 5) is 36.2. The van der Waals surface area contributed by atoms with E-state index in [1.165, 1.54) is 11.3 Å². The molecule has 1 unspecified atom stereocenters. The second-order valence-corrected chi connectivity index (χ2v) is 9.65. The first-order valence-corrected chi connectivity index (χ1v) is 12.2. The molecule has 1 atom stereocenters. The normalized spacial score (nSPS) is 18.4. The molecule has 0 bridgehead atoms. The van der Waals surface area contributed by atoms with Gasteiger partial charge >= 0.3 is 0 Å². The van der Waals surface area contributed by atoms with Crippen molar-refractivity contribution in [3.63, 3.8) is 0 Å². The van der Waals surface area contributed by atoms with E-state index in [1.807, 2.05) is 54.3 Å². The third-order valence-electron chi connectivity index (χ3n) is 5.95. The third-order valence-corrected chi connectivity index (χ3v) is 6.94. The second kappa shape index (κ2) is 11.2. The summed E-state index contributed by atoms with van der Waals surface area (Å²) in [5, 5.41) is 3.04. The molecule has 3 heterocycles. The minimum Gasteiger partial charge on any atom is -0.354 e. The van der Waals surface area contributed by atoms with Crippen molar-refractivity contribution in [2.45, 2.75) is 32.4 Å². The molecule has 1 saturated heterocycles. The van der Waals surface area contributed by atoms with Crippen LogP contribution in [-0.2, 0) is 11.3 Å². The highest BCUT2D eigenvalue weighted by atomic mass is 32.1. The zero-order chi connectivity index (χ0) is 23.0. The maximum absolute atomic E-state index is 13.1. The quantitative estimate of drug-likeness (QED) is 0.635. The average Bonchev–Trinajstić information content (AvgIpc) is 3.26. The average molecular weight is 463 g/mol. The number of aryl methyl sites for hydroxylation is 1. The number of nitrogens with one attached hydrogen (secondary N) is 1. The molecule has 0 aliphatic carbocycles. The molecule has 33 heavy (non-hydrogen) atoms. The smallest absolute Gasteiger partial charge is 0.263 e. The number of hydrogen-bond donors (Lipinski definition) is 1. The highest BCUT2D eigenvalue weighted by Gasteiger charge is 2.26. The van der Waals surface area contributed by atoms with Gasteiger partial charge in [0.15, 0.2) is 0 Å². The summed E-state index contributed by atoms with van der Waals surface area (Å²) >= 11 is 1.52. The molecule has 1 N–H and O–H groups in total. The summed E-state index contributed by atoms with van der Waals surface area (Å²) in [7, 11) is 0. The fourth-order valence-electron chi connectivity index (χ4n) is 4.26. The lowest BCUT2D eigenvalue weighted by Gasteiger charge is -2.32. The number of pyridine rings is 1. The summed E-state index contributed by atoms with van der Waals surface area (Å²) < 4.78 is 0. The molecule has 3 aromatic rings. The van der Waals surface area contributed by atoms with E-state index in [9.17, 15) is 9.59 Å². The van der Waals surface area contributed by atoms with Gasteiger partial charge in [-0.15, -0.1) is 11.3 Å². The van der Waals surface area contributed by atoms with E-state index >= 15 is 0 Å². The Morgan fingerprint density at radius 2 is 1.85 bits per heavy atom. The van der Waals surface area contributed by atoms with Gasteiger partial charge in [-0.2, -0.15) is 0 Å². The molecule has 1 aliphatic rings. The summed E-state index contributed by atoms with van der Waals surface area (Å²) in [6.45, 7) is 5.13. The number of thiophene rings is 1. The van der Waals surface area contributed by atoms with Gasteiger partial charge < -0.3 is 10.2 Å². The Labute approximate surface area is 199 Å². The number of aromatic nitrogens is 1. The number of amides is 2. The van der Waals surface area contributed by atoms with Crippen LogP contribution in [0.1, 0.15) is 44.6 Å². The minimum absolute atomic E-state index is 0.00449. The molecule has 172 valence electrons. The van der Waals surface area contributed by atoms with Gasteiger partial charge in [0.1, 0.15) is 0 Å². The predicted octanol–water partition coefficient (Wildman–Crippen LogP) is 4.05. The van der Waals surface area contributed by atoms with E-state index in [-0.39, 0.29) is 17.9 Å². The van der Waals surface area contributed by atoms with Gasteiger partial charge in [-0.1, -0.05) is 30.3 Å². The fraction of sp³-hybridized carbons (Fsp3) is 0.346. The molecule has 1 fully saturated rings. The van der Waals surface area contributed by atoms with Crippen molar-refractivity contribution in [1.82, 2.24) is 20.1 Å². The van der Waals surface area contributed by atoms with Crippen molar-refractivity contribution >= 4 is 23.2 Å². The van der Waals surface area contributed by atoms with Crippen LogP contribution in [0.2, 0.25) is 0 Å². The number of hydrogen-bond acceptors (Lipinski definition) is 5. The van der Waals surface area contributed by atoms with Gasteiger partial charge in [0.2, 0.25) is 5.91 Å². The maximum Gasteiger partial charge on any atom is 0.263 e. The first kappa shape index (κ1) is 23.1. The monoisotopic (exact) mass is 462 g/mol. The second-order valence-electron chi connectivity index (χ2n) is 8.36. The van der Waals surface area contributed by atoms with E-state index in [1.54, 1.807) is 12.4 Å². The molecule has 1 aromatic carbocycles. The van der Waals surface area contributed by atoms with Crippen molar-refractivity contribution in [1.29, 1.82) is 0 Å². The topological polar surface area (TPSA) is 65.5 Å². The van der Waals surface area contributed by atoms with E-state index < -0.39 is 0 Å². The first-order chi connectivity index (χ1) is 16.1. The van der Waals surface area contributed by atoms with Crippen LogP contribution in [0.3, 0.4) is 0 Å². The molecule has 0 radical (unpaired) electrons. The van der Waals surface area contributed by atoms with Crippen LogP contribution in [0.4, 0.5) is 0 Å². The van der Waals surface area contributed by atoms with E-state index in [2.05, 4.69) is 27.3 Å². The standard InChI is InChI=1S/C26H30N4O2S/c1-20-8-9-24(33-20)26(32)29-15-5-16-30(19-21-10-12-27-13-11-21)23(18-25(31)28-14-17-29)22-6-3-2-4-7-22/h2-4,6-13,23H,5,14-19H2,1H3,(H,28,31). The minimum atomic E-state index is -0.0402. The predicted molar refractivity (Wildman–Crippen MR) is 131 cm³/mol. The molecule has 0 saturated carbocycles. The lowest BCUT2D eigenvalue weighted by molar-refractivity contribution is -0.122. The number of rotatable bonds is 4. The molecular weight excluding hydrogens is 432 g/mol. The summed E-state index contributed by atoms with van der Waals surface area (Å²) in [5.74, 6) is 0.0479. The van der Waals surface area contributed by atoms with E-state index in [0.29, 0.717) is 32.6 Å². The highest BCUT2D eigenvalue weighted by Crippen LogP contribution is 2.27. The Morgan fingerprint density at radius 1 is 1.06 bits per heavy atom. The van der Waals surface area contributed by atoms with Gasteiger partial charge in [0.05, 0.1) is 4.88 Å². The molecule has 7 heteroatoms. The van der Waals surface area contributed by atoms with Gasteiger partial charge in [-0.05, 0) is 48.7 Å².